The molecule has 1 aromatic heterocycles. The third kappa shape index (κ3) is 6.79. The molecule has 0 spiro atoms. The van der Waals surface area contributed by atoms with Gasteiger partial charge in [-0.2, -0.15) is 13.2 Å². The third-order valence-corrected chi connectivity index (χ3v) is 6.63. The largest absolute Gasteiger partial charge is 0.490 e. The summed E-state index contributed by atoms with van der Waals surface area (Å²) in [5.74, 6) is -2.49. The van der Waals surface area contributed by atoms with Gasteiger partial charge in [0.05, 0.1) is 16.5 Å². The summed E-state index contributed by atoms with van der Waals surface area (Å²) in [6.45, 7) is 0.967. The number of anilines is 1. The summed E-state index contributed by atoms with van der Waals surface area (Å²) in [4.78, 5) is 28.2. The normalized spacial score (nSPS) is 21.1. The molecule has 0 bridgehead atoms. The molecule has 33 heavy (non-hydrogen) atoms. The second-order valence-electron chi connectivity index (χ2n) is 7.82. The van der Waals surface area contributed by atoms with Crippen molar-refractivity contribution in [3.63, 3.8) is 0 Å². The van der Waals surface area contributed by atoms with Crippen molar-refractivity contribution < 1.29 is 31.9 Å². The highest BCUT2D eigenvalue weighted by Gasteiger charge is 2.38. The molecule has 4 rings (SSSR count). The Balaban J connectivity index is 0.000000383. The molecule has 182 valence electrons. The molecule has 0 amide bonds. The van der Waals surface area contributed by atoms with E-state index < -0.39 is 29.7 Å². The molecular formula is C20H23F5N4O3S. The molecule has 0 unspecified atom stereocenters. The highest BCUT2D eigenvalue weighted by Crippen LogP contribution is 2.26. The van der Waals surface area contributed by atoms with Crippen LogP contribution in [0.5, 0.6) is 0 Å². The summed E-state index contributed by atoms with van der Waals surface area (Å²) in [6.07, 6.45) is -1.47. The molecule has 2 aromatic rings. The van der Waals surface area contributed by atoms with Gasteiger partial charge in [-0.1, -0.05) is 12.8 Å². The van der Waals surface area contributed by atoms with Crippen molar-refractivity contribution in [2.75, 3.05) is 18.4 Å². The number of hydrogen-bond donors (Lipinski definition) is 4. The van der Waals surface area contributed by atoms with Crippen molar-refractivity contribution in [3.8, 4) is 0 Å². The maximum Gasteiger partial charge on any atom is 0.490 e. The number of aromatic nitrogens is 2. The van der Waals surface area contributed by atoms with Crippen LogP contribution in [0.2, 0.25) is 0 Å². The number of rotatable bonds is 5. The number of alkyl halides is 4. The van der Waals surface area contributed by atoms with Gasteiger partial charge in [0.1, 0.15) is 23.2 Å². The predicted molar refractivity (Wildman–Crippen MR) is 115 cm³/mol. The minimum Gasteiger partial charge on any atom is -0.475 e. The van der Waals surface area contributed by atoms with E-state index in [1.807, 2.05) is 0 Å². The molecule has 4 N–H and O–H groups in total. The zero-order chi connectivity index (χ0) is 24.2. The molecule has 13 heteroatoms. The first-order chi connectivity index (χ1) is 15.5. The standard InChI is InChI=1S/C18H22F2N4OS.C2HF3O2/c19-12-5-11(22-10-3-1-2-4-10)6-14-17(12)18(25)24-16(23-14)9-26-15-8-21-7-13(15)20;3-2(4,5)1(6)7/h5-6,10,13,15,21-22H,1-4,7-9H2,(H,23,24,25);(H,6,7)/t13-,15+;/m0./s1. The lowest BCUT2D eigenvalue weighted by atomic mass is 10.2. The minimum atomic E-state index is -5.08. The number of nitrogens with zero attached hydrogens (tertiary/aromatic N) is 1. The molecule has 1 aliphatic heterocycles. The van der Waals surface area contributed by atoms with E-state index in [4.69, 9.17) is 9.90 Å². The Morgan fingerprint density at radius 1 is 1.24 bits per heavy atom. The number of hydrogen-bond acceptors (Lipinski definition) is 6. The molecule has 1 aliphatic carbocycles. The molecular weight excluding hydrogens is 471 g/mol. The highest BCUT2D eigenvalue weighted by molar-refractivity contribution is 7.99. The van der Waals surface area contributed by atoms with Crippen molar-refractivity contribution >= 4 is 34.3 Å². The second kappa shape index (κ2) is 10.7. The van der Waals surface area contributed by atoms with E-state index in [1.165, 1.54) is 30.7 Å². The van der Waals surface area contributed by atoms with Crippen molar-refractivity contribution in [2.24, 2.45) is 0 Å². The number of fused-ring (bicyclic) bond motifs is 1. The molecule has 1 aromatic carbocycles. The van der Waals surface area contributed by atoms with Gasteiger partial charge in [-0.05, 0) is 25.0 Å². The fourth-order valence-electron chi connectivity index (χ4n) is 3.70. The third-order valence-electron chi connectivity index (χ3n) is 5.30. The van der Waals surface area contributed by atoms with Crippen LogP contribution in [-0.2, 0) is 10.5 Å². The maximum absolute atomic E-state index is 14.4. The molecule has 1 saturated carbocycles. The topological polar surface area (TPSA) is 107 Å². The quantitative estimate of drug-likeness (QED) is 0.471. The van der Waals surface area contributed by atoms with E-state index in [2.05, 4.69) is 20.6 Å². The Bertz CT molecular complexity index is 1040. The van der Waals surface area contributed by atoms with E-state index in [-0.39, 0.29) is 10.6 Å². The number of carboxylic acids is 1. The van der Waals surface area contributed by atoms with Crippen LogP contribution in [0.3, 0.4) is 0 Å². The fourth-order valence-corrected chi connectivity index (χ4v) is 4.75. The Morgan fingerprint density at radius 2 is 1.91 bits per heavy atom. The molecule has 2 heterocycles. The number of thioether (sulfide) groups is 1. The number of carbonyl (C=O) groups is 1. The molecule has 7 nitrogen and oxygen atoms in total. The van der Waals surface area contributed by atoms with Crippen LogP contribution in [0.15, 0.2) is 16.9 Å². The van der Waals surface area contributed by atoms with Crippen molar-refractivity contribution in [2.45, 2.75) is 55.1 Å². The molecule has 0 radical (unpaired) electrons. The molecule has 1 saturated heterocycles. The van der Waals surface area contributed by atoms with Gasteiger partial charge >= 0.3 is 12.1 Å². The number of H-pyrrole nitrogens is 1. The number of aliphatic carboxylic acids is 1. The maximum atomic E-state index is 14.4. The molecule has 2 fully saturated rings. The van der Waals surface area contributed by atoms with Gasteiger partial charge in [-0.3, -0.25) is 4.79 Å². The van der Waals surface area contributed by atoms with Gasteiger partial charge in [0, 0.05) is 24.8 Å². The first kappa shape index (κ1) is 25.2. The van der Waals surface area contributed by atoms with Crippen LogP contribution in [0.25, 0.3) is 10.9 Å². The van der Waals surface area contributed by atoms with Gasteiger partial charge in [0.25, 0.3) is 5.56 Å². The first-order valence-electron chi connectivity index (χ1n) is 10.3. The molecule has 2 atom stereocenters. The van der Waals surface area contributed by atoms with Crippen LogP contribution >= 0.6 is 11.8 Å². The van der Waals surface area contributed by atoms with E-state index in [0.29, 0.717) is 41.9 Å². The summed E-state index contributed by atoms with van der Waals surface area (Å²) >= 11 is 1.42. The average molecular weight is 494 g/mol. The average Bonchev–Trinajstić information content (AvgIpc) is 3.37. The lowest BCUT2D eigenvalue weighted by Crippen LogP contribution is -2.21. The van der Waals surface area contributed by atoms with Crippen LogP contribution in [-0.4, -0.2) is 57.8 Å². The predicted octanol–water partition coefficient (Wildman–Crippen LogP) is 3.59. The number of carboxylic acid groups (broad SMARTS) is 1. The van der Waals surface area contributed by atoms with Gasteiger partial charge in [0.2, 0.25) is 0 Å². The van der Waals surface area contributed by atoms with Crippen LogP contribution in [0.1, 0.15) is 31.5 Å². The Labute approximate surface area is 189 Å². The van der Waals surface area contributed by atoms with E-state index >= 15 is 0 Å². The Kier molecular flexibility index (Phi) is 8.16. The summed E-state index contributed by atoms with van der Waals surface area (Å²) in [7, 11) is 0. The summed E-state index contributed by atoms with van der Waals surface area (Å²) in [5, 5.41) is 13.3. The van der Waals surface area contributed by atoms with Crippen molar-refractivity contribution in [1.29, 1.82) is 0 Å². The Hall–Kier alpha value is -2.41. The summed E-state index contributed by atoms with van der Waals surface area (Å²) < 4.78 is 59.9. The van der Waals surface area contributed by atoms with Crippen LogP contribution < -0.4 is 16.2 Å². The van der Waals surface area contributed by atoms with Crippen molar-refractivity contribution in [3.05, 3.63) is 34.1 Å². The fraction of sp³-hybridized carbons (Fsp3) is 0.550. The lowest BCUT2D eigenvalue weighted by Gasteiger charge is -2.14. The number of benzene rings is 1. The highest BCUT2D eigenvalue weighted by atomic mass is 32.2. The monoisotopic (exact) mass is 494 g/mol. The van der Waals surface area contributed by atoms with Gasteiger partial charge in [-0.25, -0.2) is 18.6 Å². The number of nitrogens with one attached hydrogen (secondary N) is 3. The first-order valence-corrected chi connectivity index (χ1v) is 11.3. The van der Waals surface area contributed by atoms with Crippen molar-refractivity contribution in [1.82, 2.24) is 15.3 Å². The van der Waals surface area contributed by atoms with E-state index in [0.717, 1.165) is 12.8 Å². The van der Waals surface area contributed by atoms with Crippen LogP contribution in [0.4, 0.5) is 27.6 Å². The van der Waals surface area contributed by atoms with Gasteiger partial charge in [0.15, 0.2) is 0 Å². The van der Waals surface area contributed by atoms with Crippen LogP contribution in [0, 0.1) is 5.82 Å². The Morgan fingerprint density at radius 3 is 2.48 bits per heavy atom. The minimum absolute atomic E-state index is 0.0263. The zero-order valence-electron chi connectivity index (χ0n) is 17.3. The number of aromatic amines is 1. The SMILES string of the molecule is O=C(O)C(F)(F)F.O=c1[nH]c(CS[C@@H]2CNC[C@@H]2F)nc2cc(NC3CCCC3)cc(F)c12. The molecule has 2 aliphatic rings. The number of halogens is 5. The second-order valence-corrected chi connectivity index (χ2v) is 9.04. The van der Waals surface area contributed by atoms with E-state index in [1.54, 1.807) is 6.07 Å². The van der Waals surface area contributed by atoms with E-state index in [9.17, 15) is 26.7 Å². The smallest absolute Gasteiger partial charge is 0.475 e. The van der Waals surface area contributed by atoms with Gasteiger partial charge in [-0.15, -0.1) is 11.8 Å². The van der Waals surface area contributed by atoms with Gasteiger partial charge < -0.3 is 20.7 Å². The summed E-state index contributed by atoms with van der Waals surface area (Å²) in [6, 6.07) is 3.44. The lowest BCUT2D eigenvalue weighted by molar-refractivity contribution is -0.192. The summed E-state index contributed by atoms with van der Waals surface area (Å²) in [5.41, 5.74) is 0.505. The zero-order valence-corrected chi connectivity index (χ0v) is 18.2.